The Balaban J connectivity index is 0. The van der Waals surface area contributed by atoms with E-state index in [1.54, 1.807) is 21.7 Å². The van der Waals surface area contributed by atoms with Gasteiger partial charge in [-0.1, -0.05) is 0 Å². The molecular formula is C18H36O5Sn. The fraction of sp³-hybridized carbons (Fsp3) is 0.889. The molecule has 0 amide bonds. The predicted octanol–water partition coefficient (Wildman–Crippen LogP) is 3.77. The summed E-state index contributed by atoms with van der Waals surface area (Å²) in [7, 11) is 2.30. The number of aliphatic hydroxyl groups excluding tert-OH is 1. The number of hydrogen-bond acceptors (Lipinski definition) is 5. The van der Waals surface area contributed by atoms with E-state index in [9.17, 15) is 9.59 Å². The zero-order valence-corrected chi connectivity index (χ0v) is 18.8. The molecule has 1 atom stereocenters. The average molecular weight is 451 g/mol. The first-order valence-corrected chi connectivity index (χ1v) is 13.1. The van der Waals surface area contributed by atoms with Gasteiger partial charge in [-0.05, 0) is 0 Å². The minimum atomic E-state index is -1.42. The van der Waals surface area contributed by atoms with Crippen LogP contribution < -0.4 is 0 Å². The number of esters is 2. The van der Waals surface area contributed by atoms with Crippen molar-refractivity contribution < 1.29 is 24.2 Å². The van der Waals surface area contributed by atoms with Gasteiger partial charge in [0.05, 0.1) is 20.6 Å². The second-order valence-corrected chi connectivity index (χ2v) is 9.97. The molecule has 5 nitrogen and oxygen atoms in total. The van der Waals surface area contributed by atoms with Crippen LogP contribution in [0.3, 0.4) is 0 Å². The van der Waals surface area contributed by atoms with Gasteiger partial charge in [0.2, 0.25) is 0 Å². The minimum absolute atomic E-state index is 0.104. The first-order chi connectivity index (χ1) is 11.5. The Labute approximate surface area is 158 Å². The van der Waals surface area contributed by atoms with Gasteiger partial charge in [-0.3, -0.25) is 4.79 Å². The summed E-state index contributed by atoms with van der Waals surface area (Å²) in [4.78, 5) is 20.9. The molecule has 0 aromatic carbocycles. The molecule has 1 unspecified atom stereocenters. The molecule has 0 spiro atoms. The summed E-state index contributed by atoms with van der Waals surface area (Å²) < 4.78 is 11.7. The molecule has 1 N–H and O–H groups in total. The molecule has 24 heavy (non-hydrogen) atoms. The minimum Gasteiger partial charge on any atom is -0.469 e. The van der Waals surface area contributed by atoms with Gasteiger partial charge < -0.3 is 14.6 Å². The molecule has 6 heteroatoms. The smallest absolute Gasteiger partial charge is 0.335 e. The van der Waals surface area contributed by atoms with Crippen LogP contribution in [0.25, 0.3) is 0 Å². The number of carbonyl (C=O) groups excluding carboxylic acids is 2. The van der Waals surface area contributed by atoms with Gasteiger partial charge in [-0.15, -0.1) is 0 Å². The van der Waals surface area contributed by atoms with Crippen LogP contribution in [0.5, 0.6) is 0 Å². The summed E-state index contributed by atoms with van der Waals surface area (Å²) in [5.41, 5.74) is 0. The average Bonchev–Trinajstić information content (AvgIpc) is 2.60. The third kappa shape index (κ3) is 19.7. The number of aliphatic hydroxyl groups is 1. The van der Waals surface area contributed by atoms with Crippen molar-refractivity contribution in [2.75, 3.05) is 14.2 Å². The van der Waals surface area contributed by atoms with Gasteiger partial charge in [0.15, 0.2) is 6.10 Å². The van der Waals surface area contributed by atoms with Crippen molar-refractivity contribution in [3.05, 3.63) is 0 Å². The fourth-order valence-corrected chi connectivity index (χ4v) is 5.51. The van der Waals surface area contributed by atoms with Crippen molar-refractivity contribution in [1.82, 2.24) is 0 Å². The van der Waals surface area contributed by atoms with Crippen LogP contribution in [0.4, 0.5) is 0 Å². The largest absolute Gasteiger partial charge is 0.469 e. The van der Waals surface area contributed by atoms with E-state index in [0.717, 1.165) is 7.11 Å². The van der Waals surface area contributed by atoms with E-state index in [-0.39, 0.29) is 27.6 Å². The van der Waals surface area contributed by atoms with Gasteiger partial charge in [0.25, 0.3) is 0 Å². The van der Waals surface area contributed by atoms with Gasteiger partial charge in [0.1, 0.15) is 0 Å². The second-order valence-electron chi connectivity index (χ2n) is 5.69. The van der Waals surface area contributed by atoms with Crippen LogP contribution in [0, 0.1) is 0 Å². The SMILES string of the molecule is CCCCC[CH2][Sn][CH2]CCCCC.COC(=O)CC(O)C(=O)OC. The van der Waals surface area contributed by atoms with E-state index in [1.165, 1.54) is 45.6 Å². The maximum absolute atomic E-state index is 10.5. The molecule has 0 saturated heterocycles. The van der Waals surface area contributed by atoms with E-state index in [0.29, 0.717) is 0 Å². The van der Waals surface area contributed by atoms with Crippen LogP contribution in [0.15, 0.2) is 0 Å². The van der Waals surface area contributed by atoms with Crippen molar-refractivity contribution in [3.63, 3.8) is 0 Å². The molecule has 0 aliphatic carbocycles. The maximum atomic E-state index is 10.5. The van der Waals surface area contributed by atoms with Gasteiger partial charge in [0, 0.05) is 0 Å². The number of methoxy groups -OCH3 is 2. The van der Waals surface area contributed by atoms with Crippen LogP contribution in [-0.4, -0.2) is 58.5 Å². The molecule has 0 bridgehead atoms. The molecule has 0 heterocycles. The van der Waals surface area contributed by atoms with E-state index in [1.807, 2.05) is 0 Å². The van der Waals surface area contributed by atoms with Crippen LogP contribution >= 0.6 is 0 Å². The summed E-state index contributed by atoms with van der Waals surface area (Å²) in [6, 6.07) is 0. The van der Waals surface area contributed by atoms with Crippen LogP contribution in [0.1, 0.15) is 71.6 Å². The molecule has 0 rings (SSSR count). The third-order valence-corrected chi connectivity index (χ3v) is 7.51. The first-order valence-electron chi connectivity index (χ1n) is 9.06. The Hall–Kier alpha value is -0.301. The maximum Gasteiger partial charge on any atom is 0.335 e. The zero-order chi connectivity index (χ0) is 18.6. The normalized spacial score (nSPS) is 11.2. The van der Waals surface area contributed by atoms with E-state index in [4.69, 9.17) is 5.11 Å². The number of unbranched alkanes of at least 4 members (excludes halogenated alkanes) is 6. The van der Waals surface area contributed by atoms with Gasteiger partial charge in [-0.25, -0.2) is 4.79 Å². The number of rotatable bonds is 13. The Kier molecular flexibility index (Phi) is 22.4. The summed E-state index contributed by atoms with van der Waals surface area (Å²) in [6.07, 6.45) is 10.0. The van der Waals surface area contributed by atoms with Crippen molar-refractivity contribution in [2.24, 2.45) is 0 Å². The van der Waals surface area contributed by atoms with Crippen molar-refractivity contribution in [2.45, 2.75) is 86.6 Å². The number of carbonyl (C=O) groups is 2. The van der Waals surface area contributed by atoms with Gasteiger partial charge >= 0.3 is 107 Å². The Morgan fingerprint density at radius 3 is 1.75 bits per heavy atom. The van der Waals surface area contributed by atoms with Crippen molar-refractivity contribution in [3.8, 4) is 0 Å². The molecule has 2 radical (unpaired) electrons. The molecule has 0 aromatic rings. The van der Waals surface area contributed by atoms with E-state index >= 15 is 0 Å². The molecular weight excluding hydrogens is 415 g/mol. The molecule has 0 fully saturated rings. The topological polar surface area (TPSA) is 72.8 Å². The van der Waals surface area contributed by atoms with Crippen molar-refractivity contribution in [1.29, 1.82) is 0 Å². The summed E-state index contributed by atoms with van der Waals surface area (Å²) in [5.74, 6) is -1.49. The standard InChI is InChI=1S/C6H10O5.2C6H13.Sn/c1-10-5(8)3-4(7)6(9)11-2;2*1-3-5-6-4-2;/h4,7H,3H2,1-2H3;2*1,3-6H2,2H3;. The Morgan fingerprint density at radius 1 is 0.875 bits per heavy atom. The summed E-state index contributed by atoms with van der Waals surface area (Å²) in [6.45, 7) is 4.59. The third-order valence-electron chi connectivity index (χ3n) is 3.48. The Morgan fingerprint density at radius 2 is 1.38 bits per heavy atom. The quantitative estimate of drug-likeness (QED) is 0.262. The molecule has 0 aliphatic heterocycles. The molecule has 142 valence electrons. The molecule has 0 aromatic heterocycles. The Bertz CT molecular complexity index is 287. The zero-order valence-electron chi connectivity index (χ0n) is 15.9. The van der Waals surface area contributed by atoms with Gasteiger partial charge in [-0.2, -0.15) is 0 Å². The summed E-state index contributed by atoms with van der Waals surface area (Å²) in [5, 5.41) is 8.84. The van der Waals surface area contributed by atoms with Crippen LogP contribution in [0.2, 0.25) is 8.87 Å². The molecule has 0 aliphatic rings. The van der Waals surface area contributed by atoms with E-state index in [2.05, 4.69) is 23.3 Å². The second kappa shape index (κ2) is 20.7. The first kappa shape index (κ1) is 25.9. The van der Waals surface area contributed by atoms with E-state index < -0.39 is 18.0 Å². The van der Waals surface area contributed by atoms with Crippen LogP contribution in [-0.2, 0) is 19.1 Å². The fourth-order valence-electron chi connectivity index (χ4n) is 1.94. The number of ether oxygens (including phenoxy) is 2. The predicted molar refractivity (Wildman–Crippen MR) is 98.3 cm³/mol. The number of hydrogen-bond donors (Lipinski definition) is 1. The summed E-state index contributed by atoms with van der Waals surface area (Å²) >= 11 is 0.104. The van der Waals surface area contributed by atoms with Crippen molar-refractivity contribution >= 4 is 33.1 Å². The molecule has 0 saturated carbocycles. The monoisotopic (exact) mass is 452 g/mol.